The van der Waals surface area contributed by atoms with Crippen molar-refractivity contribution in [2.75, 3.05) is 29.5 Å². The highest BCUT2D eigenvalue weighted by atomic mass is 32.2. The van der Waals surface area contributed by atoms with Gasteiger partial charge in [0.25, 0.3) is 0 Å². The molecule has 0 saturated heterocycles. The number of anilines is 2. The maximum Gasteiger partial charge on any atom is 0.0576 e. The van der Waals surface area contributed by atoms with Gasteiger partial charge in [0.2, 0.25) is 0 Å². The maximum absolute atomic E-state index is 4.58. The number of para-hydroxylation sites is 2. The molecule has 1 rings (SSSR count). The van der Waals surface area contributed by atoms with Gasteiger partial charge in [0.05, 0.1) is 11.4 Å². The Kier molecular flexibility index (Phi) is 7.98. The van der Waals surface area contributed by atoms with Gasteiger partial charge in [0.1, 0.15) is 0 Å². The molecule has 4 heteroatoms. The summed E-state index contributed by atoms with van der Waals surface area (Å²) in [6.45, 7) is 12.9. The van der Waals surface area contributed by atoms with Crippen LogP contribution in [0.3, 0.4) is 0 Å². The van der Waals surface area contributed by atoms with Crippen LogP contribution < -0.4 is 10.6 Å². The second-order valence-electron chi connectivity index (χ2n) is 7.03. The second kappa shape index (κ2) is 8.97. The fourth-order valence-corrected chi connectivity index (χ4v) is 3.19. The van der Waals surface area contributed by atoms with E-state index in [0.29, 0.717) is 0 Å². The highest BCUT2D eigenvalue weighted by Gasteiger charge is 2.18. The van der Waals surface area contributed by atoms with Gasteiger partial charge < -0.3 is 10.6 Å². The molecule has 0 aliphatic rings. The van der Waals surface area contributed by atoms with Crippen LogP contribution in [0.2, 0.25) is 0 Å². The third-order valence-corrected chi connectivity index (χ3v) is 4.91. The van der Waals surface area contributed by atoms with Crippen molar-refractivity contribution in [1.82, 2.24) is 0 Å². The minimum Gasteiger partial charge on any atom is -0.382 e. The molecule has 0 fully saturated rings. The van der Waals surface area contributed by atoms with Crippen molar-refractivity contribution in [2.45, 2.75) is 57.0 Å². The Labute approximate surface area is 146 Å². The van der Waals surface area contributed by atoms with Crippen LogP contribution in [-0.2, 0) is 0 Å². The van der Waals surface area contributed by atoms with Gasteiger partial charge in [-0.05, 0) is 52.0 Å². The number of benzene rings is 1. The number of hydrogen-bond donors (Lipinski definition) is 3. The van der Waals surface area contributed by atoms with E-state index in [0.717, 1.165) is 18.8 Å². The van der Waals surface area contributed by atoms with Crippen molar-refractivity contribution >= 4 is 35.8 Å². The number of nitrogens with one attached hydrogen (secondary N) is 2. The van der Waals surface area contributed by atoms with E-state index in [2.05, 4.69) is 93.9 Å². The molecule has 0 aliphatic carbocycles. The van der Waals surface area contributed by atoms with Gasteiger partial charge in [-0.25, -0.2) is 0 Å². The molecule has 126 valence electrons. The monoisotopic (exact) mass is 340 g/mol. The zero-order valence-electron chi connectivity index (χ0n) is 14.7. The average Bonchev–Trinajstić information content (AvgIpc) is 2.43. The van der Waals surface area contributed by atoms with Gasteiger partial charge in [-0.15, -0.1) is 0 Å². The van der Waals surface area contributed by atoms with Crippen LogP contribution in [0.5, 0.6) is 0 Å². The van der Waals surface area contributed by atoms with E-state index in [1.807, 2.05) is 0 Å². The molecule has 0 radical (unpaired) electrons. The van der Waals surface area contributed by atoms with Crippen LogP contribution in [0, 0.1) is 0 Å². The van der Waals surface area contributed by atoms with Gasteiger partial charge in [0.15, 0.2) is 0 Å². The van der Waals surface area contributed by atoms with Crippen LogP contribution in [0.15, 0.2) is 24.3 Å². The summed E-state index contributed by atoms with van der Waals surface area (Å²) in [5, 5.41) is 7.10. The van der Waals surface area contributed by atoms with Gasteiger partial charge in [-0.2, -0.15) is 24.4 Å². The van der Waals surface area contributed by atoms with E-state index in [-0.39, 0.29) is 9.49 Å². The Morgan fingerprint density at radius 3 is 2.05 bits per heavy atom. The zero-order valence-corrected chi connectivity index (χ0v) is 16.4. The molecule has 22 heavy (non-hydrogen) atoms. The van der Waals surface area contributed by atoms with Gasteiger partial charge in [0, 0.05) is 22.6 Å². The molecule has 0 spiro atoms. The molecule has 2 nitrogen and oxygen atoms in total. The van der Waals surface area contributed by atoms with Gasteiger partial charge in [-0.1, -0.05) is 25.5 Å². The molecule has 2 N–H and O–H groups in total. The lowest BCUT2D eigenvalue weighted by Crippen LogP contribution is -2.28. The molecule has 1 aromatic carbocycles. The summed E-state index contributed by atoms with van der Waals surface area (Å²) >= 11 is 6.63. The summed E-state index contributed by atoms with van der Waals surface area (Å²) in [4.78, 5) is 0. The Hall–Kier alpha value is -0.480. The molecule has 0 atom stereocenters. The van der Waals surface area contributed by atoms with Crippen molar-refractivity contribution < 1.29 is 0 Å². The normalized spacial score (nSPS) is 12.3. The lowest BCUT2D eigenvalue weighted by atomic mass is 10.1. The third kappa shape index (κ3) is 8.23. The molecule has 0 unspecified atom stereocenters. The average molecular weight is 341 g/mol. The first-order valence-corrected chi connectivity index (χ1v) is 9.60. The number of rotatable bonds is 10. The quantitative estimate of drug-likeness (QED) is 0.385. The van der Waals surface area contributed by atoms with Crippen molar-refractivity contribution in [1.29, 1.82) is 0 Å². The van der Waals surface area contributed by atoms with Crippen molar-refractivity contribution in [2.24, 2.45) is 0 Å². The van der Waals surface area contributed by atoms with Gasteiger partial charge in [-0.3, -0.25) is 0 Å². The number of unbranched alkanes of at least 4 members (excludes halogenated alkanes) is 1. The van der Waals surface area contributed by atoms with E-state index < -0.39 is 0 Å². The van der Waals surface area contributed by atoms with Crippen LogP contribution in [0.1, 0.15) is 47.5 Å². The molecule has 0 aromatic heterocycles. The molecule has 0 saturated carbocycles. The van der Waals surface area contributed by atoms with E-state index in [9.17, 15) is 0 Å². The summed E-state index contributed by atoms with van der Waals surface area (Å²) in [5.41, 5.74) is 2.32. The standard InChI is InChI=1S/C18H32N2S2/c1-6-7-12-22-18(4,5)14-20-16-11-9-8-10-15(16)19-13-17(2,3)21/h8-11,19-21H,6-7,12-14H2,1-5H3. The highest BCUT2D eigenvalue weighted by Crippen LogP contribution is 2.28. The topological polar surface area (TPSA) is 24.1 Å². The lowest BCUT2D eigenvalue weighted by molar-refractivity contribution is 0.744. The SMILES string of the molecule is CCCCSC(C)(C)CNc1ccccc1NCC(C)(C)S. The molecule has 0 amide bonds. The predicted octanol–water partition coefficient (Wildman–Crippen LogP) is 5.53. The van der Waals surface area contributed by atoms with Crippen molar-refractivity contribution in [3.63, 3.8) is 0 Å². The Balaban J connectivity index is 2.58. The largest absolute Gasteiger partial charge is 0.382 e. The first kappa shape index (κ1) is 19.6. The zero-order chi connectivity index (χ0) is 16.6. The van der Waals surface area contributed by atoms with Crippen molar-refractivity contribution in [3.05, 3.63) is 24.3 Å². The van der Waals surface area contributed by atoms with Crippen LogP contribution in [-0.4, -0.2) is 28.3 Å². The lowest BCUT2D eigenvalue weighted by Gasteiger charge is -2.26. The van der Waals surface area contributed by atoms with E-state index in [1.165, 1.54) is 24.3 Å². The maximum atomic E-state index is 4.58. The molecular weight excluding hydrogens is 308 g/mol. The predicted molar refractivity (Wildman–Crippen MR) is 108 cm³/mol. The van der Waals surface area contributed by atoms with E-state index >= 15 is 0 Å². The Morgan fingerprint density at radius 2 is 1.55 bits per heavy atom. The van der Waals surface area contributed by atoms with Crippen LogP contribution in [0.25, 0.3) is 0 Å². The first-order chi connectivity index (χ1) is 10.2. The summed E-state index contributed by atoms with van der Waals surface area (Å²) < 4.78 is 0.216. The van der Waals surface area contributed by atoms with Crippen LogP contribution in [0.4, 0.5) is 11.4 Å². The fourth-order valence-electron chi connectivity index (χ4n) is 1.95. The number of thiol groups is 1. The molecule has 1 aromatic rings. The van der Waals surface area contributed by atoms with Crippen molar-refractivity contribution in [3.8, 4) is 0 Å². The third-order valence-electron chi connectivity index (χ3n) is 3.33. The van der Waals surface area contributed by atoms with Crippen LogP contribution >= 0.6 is 24.4 Å². The molecular formula is C18H32N2S2. The Morgan fingerprint density at radius 1 is 1.00 bits per heavy atom. The molecule has 0 bridgehead atoms. The highest BCUT2D eigenvalue weighted by molar-refractivity contribution is 8.00. The molecule has 0 aliphatic heterocycles. The number of thioether (sulfide) groups is 1. The summed E-state index contributed by atoms with van der Waals surface area (Å²) in [6.07, 6.45) is 2.56. The van der Waals surface area contributed by atoms with E-state index in [1.54, 1.807) is 0 Å². The second-order valence-corrected chi connectivity index (χ2v) is 10.0. The fraction of sp³-hybridized carbons (Fsp3) is 0.667. The smallest absolute Gasteiger partial charge is 0.0576 e. The Bertz CT molecular complexity index is 439. The minimum atomic E-state index is -0.0254. The van der Waals surface area contributed by atoms with Gasteiger partial charge >= 0.3 is 0 Å². The minimum absolute atomic E-state index is 0.0254. The number of hydrogen-bond acceptors (Lipinski definition) is 4. The van der Waals surface area contributed by atoms with E-state index in [4.69, 9.17) is 0 Å². The molecule has 0 heterocycles. The first-order valence-electron chi connectivity index (χ1n) is 8.17. The summed E-state index contributed by atoms with van der Waals surface area (Å²) in [6, 6.07) is 8.41. The summed E-state index contributed by atoms with van der Waals surface area (Å²) in [5.74, 6) is 1.24. The summed E-state index contributed by atoms with van der Waals surface area (Å²) in [7, 11) is 0.